The molecule has 0 bridgehead atoms. The van der Waals surface area contributed by atoms with E-state index in [2.05, 4.69) is 41.6 Å². The number of halogens is 1. The van der Waals surface area contributed by atoms with Crippen molar-refractivity contribution in [1.82, 2.24) is 15.1 Å². The molecular formula is C19H31IN4O2S. The minimum Gasteiger partial charge on any atom is -0.368 e. The molecule has 2 saturated heterocycles. The Morgan fingerprint density at radius 3 is 2.70 bits per heavy atom. The quantitative estimate of drug-likeness (QED) is 0.379. The van der Waals surface area contributed by atoms with Crippen LogP contribution in [0.5, 0.6) is 0 Å². The maximum Gasteiger partial charge on any atom is 0.251 e. The smallest absolute Gasteiger partial charge is 0.251 e. The zero-order chi connectivity index (χ0) is 18.4. The maximum atomic E-state index is 12.5. The molecule has 0 aliphatic carbocycles. The molecule has 1 aromatic heterocycles. The molecule has 3 heterocycles. The Bertz CT molecular complexity index is 597. The largest absolute Gasteiger partial charge is 0.368 e. The van der Waals surface area contributed by atoms with Crippen molar-refractivity contribution in [3.8, 4) is 0 Å². The summed E-state index contributed by atoms with van der Waals surface area (Å²) >= 11 is 1.79. The van der Waals surface area contributed by atoms with Crippen LogP contribution < -0.4 is 5.32 Å². The van der Waals surface area contributed by atoms with Gasteiger partial charge >= 0.3 is 0 Å². The molecule has 3 rings (SSSR count). The molecule has 1 aromatic rings. The van der Waals surface area contributed by atoms with E-state index in [1.54, 1.807) is 11.3 Å². The molecule has 0 radical (unpaired) electrons. The van der Waals surface area contributed by atoms with E-state index in [9.17, 15) is 4.79 Å². The van der Waals surface area contributed by atoms with Crippen LogP contribution in [-0.4, -0.2) is 73.6 Å². The lowest BCUT2D eigenvalue weighted by Gasteiger charge is -2.37. The number of thiophene rings is 1. The van der Waals surface area contributed by atoms with Gasteiger partial charge in [0.05, 0.1) is 6.54 Å². The minimum atomic E-state index is -0.213. The summed E-state index contributed by atoms with van der Waals surface area (Å²) in [7, 11) is 0. The molecule has 1 amide bonds. The van der Waals surface area contributed by atoms with Gasteiger partial charge in [0.15, 0.2) is 5.96 Å². The third-order valence-corrected chi connectivity index (χ3v) is 6.08. The highest BCUT2D eigenvalue weighted by Gasteiger charge is 2.30. The van der Waals surface area contributed by atoms with Crippen molar-refractivity contribution in [2.75, 3.05) is 45.9 Å². The van der Waals surface area contributed by atoms with Crippen LogP contribution >= 0.6 is 35.3 Å². The van der Waals surface area contributed by atoms with Gasteiger partial charge in [0, 0.05) is 50.1 Å². The fourth-order valence-electron chi connectivity index (χ4n) is 3.43. The highest BCUT2D eigenvalue weighted by atomic mass is 127. The minimum absolute atomic E-state index is 0. The van der Waals surface area contributed by atoms with Gasteiger partial charge in [0.1, 0.15) is 6.10 Å². The van der Waals surface area contributed by atoms with Gasteiger partial charge in [-0.3, -0.25) is 9.79 Å². The van der Waals surface area contributed by atoms with E-state index in [1.165, 1.54) is 4.88 Å². The van der Waals surface area contributed by atoms with Crippen molar-refractivity contribution in [1.29, 1.82) is 0 Å². The fraction of sp³-hybridized carbons (Fsp3) is 0.684. The number of carbonyl (C=O) groups is 1. The summed E-state index contributed by atoms with van der Waals surface area (Å²) < 4.78 is 5.54. The van der Waals surface area contributed by atoms with Crippen molar-refractivity contribution in [2.24, 2.45) is 4.99 Å². The number of guanidine groups is 1. The monoisotopic (exact) mass is 506 g/mol. The number of aliphatic imine (C=N–C) groups is 1. The predicted octanol–water partition coefficient (Wildman–Crippen LogP) is 2.76. The van der Waals surface area contributed by atoms with Gasteiger partial charge in [-0.25, -0.2) is 0 Å². The van der Waals surface area contributed by atoms with E-state index in [1.807, 2.05) is 4.90 Å². The number of ether oxygens (including phenoxy) is 1. The Morgan fingerprint density at radius 2 is 2.11 bits per heavy atom. The summed E-state index contributed by atoms with van der Waals surface area (Å²) in [6.07, 6.45) is 1.65. The van der Waals surface area contributed by atoms with E-state index in [-0.39, 0.29) is 36.0 Å². The number of nitrogens with zero attached hydrogens (tertiary/aromatic N) is 3. The Kier molecular flexibility index (Phi) is 9.31. The summed E-state index contributed by atoms with van der Waals surface area (Å²) in [6, 6.07) is 4.27. The molecule has 152 valence electrons. The van der Waals surface area contributed by atoms with Gasteiger partial charge < -0.3 is 19.9 Å². The molecule has 0 aromatic carbocycles. The lowest BCUT2D eigenvalue weighted by atomic mass is 10.1. The molecule has 2 aliphatic rings. The molecule has 0 spiro atoms. The van der Waals surface area contributed by atoms with Crippen LogP contribution in [0.2, 0.25) is 0 Å². The Labute approximate surface area is 183 Å². The molecule has 6 nitrogen and oxygen atoms in total. The van der Waals surface area contributed by atoms with Crippen molar-refractivity contribution < 1.29 is 9.53 Å². The summed E-state index contributed by atoms with van der Waals surface area (Å²) in [5.41, 5.74) is 0. The third-order valence-electron chi connectivity index (χ3n) is 4.97. The first-order chi connectivity index (χ1) is 12.7. The number of carbonyl (C=O) groups excluding carboxylic acids is 1. The average Bonchev–Trinajstić information content (AvgIpc) is 3.38. The summed E-state index contributed by atoms with van der Waals surface area (Å²) in [5.74, 6) is 1.54. The number of rotatable bonds is 5. The van der Waals surface area contributed by atoms with Crippen LogP contribution in [0.3, 0.4) is 0 Å². The van der Waals surface area contributed by atoms with Crippen molar-refractivity contribution in [2.45, 2.75) is 38.7 Å². The first kappa shape index (κ1) is 22.4. The number of piperazine rings is 1. The van der Waals surface area contributed by atoms with E-state index in [4.69, 9.17) is 9.73 Å². The second-order valence-electron chi connectivity index (χ2n) is 6.93. The van der Waals surface area contributed by atoms with Crippen LogP contribution in [0.25, 0.3) is 0 Å². The van der Waals surface area contributed by atoms with Crippen LogP contribution in [0.1, 0.15) is 37.5 Å². The fourth-order valence-corrected chi connectivity index (χ4v) is 4.20. The highest BCUT2D eigenvalue weighted by molar-refractivity contribution is 14.0. The Hall–Kier alpha value is -0.870. The molecule has 8 heteroatoms. The van der Waals surface area contributed by atoms with Gasteiger partial charge in [0.25, 0.3) is 5.91 Å². The number of hydrogen-bond donors (Lipinski definition) is 1. The Morgan fingerprint density at radius 1 is 1.37 bits per heavy atom. The molecule has 1 N–H and O–H groups in total. The first-order valence-corrected chi connectivity index (χ1v) is 10.5. The van der Waals surface area contributed by atoms with Crippen LogP contribution in [-0.2, 0) is 9.53 Å². The molecule has 0 saturated carbocycles. The number of hydrogen-bond acceptors (Lipinski definition) is 4. The lowest BCUT2D eigenvalue weighted by Crippen LogP contribution is -2.55. The zero-order valence-electron chi connectivity index (χ0n) is 16.2. The van der Waals surface area contributed by atoms with Gasteiger partial charge in [-0.1, -0.05) is 13.0 Å². The van der Waals surface area contributed by atoms with Gasteiger partial charge in [-0.05, 0) is 31.2 Å². The van der Waals surface area contributed by atoms with Crippen molar-refractivity contribution in [3.63, 3.8) is 0 Å². The van der Waals surface area contributed by atoms with Crippen LogP contribution in [0.4, 0.5) is 0 Å². The molecule has 27 heavy (non-hydrogen) atoms. The second kappa shape index (κ2) is 11.2. The zero-order valence-corrected chi connectivity index (χ0v) is 19.4. The Balaban J connectivity index is 0.00000261. The van der Waals surface area contributed by atoms with E-state index in [0.717, 1.165) is 64.7 Å². The SMILES string of the molecule is CCNC(=NCC(C)c1cccs1)N1CCN(C(=O)C2CCCO2)CC1.I. The van der Waals surface area contributed by atoms with Crippen LogP contribution in [0.15, 0.2) is 22.5 Å². The normalized spacial score (nSPS) is 21.7. The molecular weight excluding hydrogens is 475 g/mol. The number of amides is 1. The van der Waals surface area contributed by atoms with Crippen molar-refractivity contribution in [3.05, 3.63) is 22.4 Å². The first-order valence-electron chi connectivity index (χ1n) is 9.66. The van der Waals surface area contributed by atoms with E-state index < -0.39 is 0 Å². The van der Waals surface area contributed by atoms with Gasteiger partial charge in [-0.2, -0.15) is 0 Å². The summed E-state index contributed by atoms with van der Waals surface area (Å²) in [5, 5.41) is 5.52. The standard InChI is InChI=1S/C19H30N4O2S.HI/c1-3-20-19(21-14-15(2)17-7-5-13-26-17)23-10-8-22(9-11-23)18(24)16-6-4-12-25-16;/h5,7,13,15-16H,3-4,6,8-12,14H2,1-2H3,(H,20,21);1H. The molecule has 2 unspecified atom stereocenters. The third kappa shape index (κ3) is 6.05. The average molecular weight is 506 g/mol. The summed E-state index contributed by atoms with van der Waals surface area (Å²) in [6.45, 7) is 9.77. The lowest BCUT2D eigenvalue weighted by molar-refractivity contribution is -0.142. The molecule has 2 fully saturated rings. The highest BCUT2D eigenvalue weighted by Crippen LogP contribution is 2.21. The molecule has 2 aliphatic heterocycles. The summed E-state index contributed by atoms with van der Waals surface area (Å²) in [4.78, 5) is 22.9. The van der Waals surface area contributed by atoms with Crippen LogP contribution in [0, 0.1) is 0 Å². The van der Waals surface area contributed by atoms with E-state index >= 15 is 0 Å². The van der Waals surface area contributed by atoms with Gasteiger partial charge in [0.2, 0.25) is 0 Å². The second-order valence-corrected chi connectivity index (χ2v) is 7.90. The van der Waals surface area contributed by atoms with Gasteiger partial charge in [-0.15, -0.1) is 35.3 Å². The molecule has 2 atom stereocenters. The number of nitrogens with one attached hydrogen (secondary N) is 1. The van der Waals surface area contributed by atoms with E-state index in [0.29, 0.717) is 5.92 Å². The predicted molar refractivity (Wildman–Crippen MR) is 121 cm³/mol. The maximum absolute atomic E-state index is 12.5. The van der Waals surface area contributed by atoms with Crippen molar-refractivity contribution >= 4 is 47.2 Å². The topological polar surface area (TPSA) is 57.2 Å².